The summed E-state index contributed by atoms with van der Waals surface area (Å²) in [4.78, 5) is 30.9. The number of phenols is 1. The van der Waals surface area contributed by atoms with Gasteiger partial charge in [0.1, 0.15) is 18.2 Å². The van der Waals surface area contributed by atoms with Gasteiger partial charge in [0.15, 0.2) is 0 Å². The molecule has 2 fully saturated rings. The fraction of sp³-hybridized carbons (Fsp3) is 0.485. The highest BCUT2D eigenvalue weighted by Gasteiger charge is 2.29. The summed E-state index contributed by atoms with van der Waals surface area (Å²) in [5.41, 5.74) is 3.10. The minimum absolute atomic E-state index is 0.0295. The Morgan fingerprint density at radius 3 is 2.69 bits per heavy atom. The van der Waals surface area contributed by atoms with Crippen molar-refractivity contribution < 1.29 is 14.6 Å². The summed E-state index contributed by atoms with van der Waals surface area (Å²) in [6.45, 7) is 11.4. The van der Waals surface area contributed by atoms with E-state index in [0.717, 1.165) is 59.0 Å². The van der Waals surface area contributed by atoms with Crippen molar-refractivity contribution in [2.45, 2.75) is 45.2 Å². The third-order valence-electron chi connectivity index (χ3n) is 9.22. The van der Waals surface area contributed by atoms with Gasteiger partial charge in [-0.2, -0.15) is 9.97 Å². The lowest BCUT2D eigenvalue weighted by atomic mass is 10.0. The molecule has 222 valence electrons. The molecule has 3 aromatic rings. The Kier molecular flexibility index (Phi) is 8.20. The molecule has 3 aliphatic rings. The first-order valence-corrected chi connectivity index (χ1v) is 15.3. The van der Waals surface area contributed by atoms with Gasteiger partial charge >= 0.3 is 6.01 Å². The molecule has 42 heavy (non-hydrogen) atoms. The Hall–Kier alpha value is -3.85. The van der Waals surface area contributed by atoms with E-state index in [9.17, 15) is 9.90 Å². The molecule has 1 amide bonds. The molecule has 2 atom stereocenters. The number of rotatable bonds is 8. The van der Waals surface area contributed by atoms with E-state index in [-0.39, 0.29) is 11.7 Å². The molecule has 9 heteroatoms. The average molecular weight is 571 g/mol. The van der Waals surface area contributed by atoms with E-state index in [0.29, 0.717) is 51.4 Å². The largest absolute Gasteiger partial charge is 0.508 e. The van der Waals surface area contributed by atoms with Crippen LogP contribution < -0.4 is 14.5 Å². The van der Waals surface area contributed by atoms with Crippen molar-refractivity contribution in [1.82, 2.24) is 19.8 Å². The first-order valence-electron chi connectivity index (χ1n) is 15.3. The molecule has 0 radical (unpaired) electrons. The predicted octanol–water partition coefficient (Wildman–Crippen LogP) is 4.23. The van der Waals surface area contributed by atoms with Gasteiger partial charge in [0.2, 0.25) is 5.91 Å². The molecule has 1 aromatic heterocycles. The Morgan fingerprint density at radius 1 is 1.12 bits per heavy atom. The number of carbonyl (C=O) groups is 1. The fourth-order valence-electron chi connectivity index (χ4n) is 6.77. The number of amides is 1. The SMILES string of the molecule is C=CC(=O)N1CCN(c2nc(OCCN(C)C3CCC(C)C3)nc3c2CCN(c2cc(O)cc4ccccc24)C3)CC1. The second-order valence-corrected chi connectivity index (χ2v) is 12.0. The number of likely N-dealkylation sites (N-methyl/N-ethyl adjacent to an activating group) is 1. The van der Waals surface area contributed by atoms with E-state index < -0.39 is 0 Å². The summed E-state index contributed by atoms with van der Waals surface area (Å²) in [6.07, 6.45) is 5.96. The van der Waals surface area contributed by atoms with Gasteiger partial charge in [-0.15, -0.1) is 0 Å². The van der Waals surface area contributed by atoms with Gasteiger partial charge in [-0.25, -0.2) is 0 Å². The number of ether oxygens (including phenoxy) is 1. The number of hydrogen-bond donors (Lipinski definition) is 1. The Labute approximate surface area is 248 Å². The highest BCUT2D eigenvalue weighted by atomic mass is 16.5. The number of phenolic OH excluding ortho intramolecular Hbond substituents is 1. The standard InChI is InChI=1S/C33H42N6O3/c1-4-31(41)37-13-15-38(16-14-37)32-28-11-12-39(30-21-26(40)20-24-7-5-6-8-27(24)30)22-29(28)34-33(35-32)42-18-17-36(3)25-10-9-23(2)19-25/h4-8,20-21,23,25,40H,1,9-19,22H2,2-3H3. The van der Waals surface area contributed by atoms with Crippen molar-refractivity contribution in [3.63, 3.8) is 0 Å². The maximum Gasteiger partial charge on any atom is 0.318 e. The quantitative estimate of drug-likeness (QED) is 0.403. The van der Waals surface area contributed by atoms with Crippen LogP contribution in [0.5, 0.6) is 11.8 Å². The molecule has 1 saturated carbocycles. The first-order chi connectivity index (χ1) is 20.4. The van der Waals surface area contributed by atoms with Crippen LogP contribution in [0.3, 0.4) is 0 Å². The van der Waals surface area contributed by atoms with Crippen molar-refractivity contribution in [3.05, 3.63) is 60.3 Å². The lowest BCUT2D eigenvalue weighted by Gasteiger charge is -2.38. The van der Waals surface area contributed by atoms with Gasteiger partial charge in [-0.05, 0) is 56.2 Å². The number of carbonyl (C=O) groups excluding carboxylic acids is 1. The number of fused-ring (bicyclic) bond motifs is 2. The van der Waals surface area contributed by atoms with E-state index in [1.165, 1.54) is 25.3 Å². The number of piperazine rings is 1. The molecule has 0 bridgehead atoms. The van der Waals surface area contributed by atoms with Gasteiger partial charge in [0, 0.05) is 68.0 Å². The summed E-state index contributed by atoms with van der Waals surface area (Å²) in [5.74, 6) is 1.94. The topological polar surface area (TPSA) is 85.3 Å². The zero-order valence-corrected chi connectivity index (χ0v) is 24.8. The molecule has 3 heterocycles. The number of aromatic hydroxyl groups is 1. The third-order valence-corrected chi connectivity index (χ3v) is 9.22. The zero-order chi connectivity index (χ0) is 29.2. The molecular formula is C33H42N6O3. The third kappa shape index (κ3) is 5.88. The fourth-order valence-corrected chi connectivity index (χ4v) is 6.77. The predicted molar refractivity (Wildman–Crippen MR) is 166 cm³/mol. The summed E-state index contributed by atoms with van der Waals surface area (Å²) in [6, 6.07) is 12.8. The van der Waals surface area contributed by atoms with Crippen molar-refractivity contribution in [1.29, 1.82) is 0 Å². The summed E-state index contributed by atoms with van der Waals surface area (Å²) in [7, 11) is 2.19. The molecule has 9 nitrogen and oxygen atoms in total. The lowest BCUT2D eigenvalue weighted by Crippen LogP contribution is -2.49. The second kappa shape index (κ2) is 12.2. The Balaban J connectivity index is 1.25. The Morgan fingerprint density at radius 2 is 1.93 bits per heavy atom. The van der Waals surface area contributed by atoms with Crippen LogP contribution in [0.4, 0.5) is 11.5 Å². The maximum atomic E-state index is 12.2. The zero-order valence-electron chi connectivity index (χ0n) is 24.8. The number of benzene rings is 2. The van der Waals surface area contributed by atoms with Crippen LogP contribution in [0.25, 0.3) is 10.8 Å². The molecule has 2 aliphatic heterocycles. The van der Waals surface area contributed by atoms with E-state index in [1.54, 1.807) is 0 Å². The van der Waals surface area contributed by atoms with Crippen LogP contribution in [0.15, 0.2) is 49.1 Å². The smallest absolute Gasteiger partial charge is 0.318 e. The molecule has 2 aromatic carbocycles. The first kappa shape index (κ1) is 28.3. The van der Waals surface area contributed by atoms with Crippen LogP contribution in [0.2, 0.25) is 0 Å². The van der Waals surface area contributed by atoms with Crippen molar-refractivity contribution in [3.8, 4) is 11.8 Å². The highest BCUT2D eigenvalue weighted by molar-refractivity contribution is 5.95. The highest BCUT2D eigenvalue weighted by Crippen LogP contribution is 2.36. The van der Waals surface area contributed by atoms with E-state index in [2.05, 4.69) is 41.3 Å². The summed E-state index contributed by atoms with van der Waals surface area (Å²) in [5, 5.41) is 12.6. The molecule has 1 saturated heterocycles. The summed E-state index contributed by atoms with van der Waals surface area (Å²) >= 11 is 0. The maximum absolute atomic E-state index is 12.2. The molecule has 0 spiro atoms. The molecule has 2 unspecified atom stereocenters. The van der Waals surface area contributed by atoms with Gasteiger partial charge in [-0.3, -0.25) is 4.79 Å². The van der Waals surface area contributed by atoms with E-state index in [4.69, 9.17) is 14.7 Å². The van der Waals surface area contributed by atoms with Gasteiger partial charge < -0.3 is 29.4 Å². The van der Waals surface area contributed by atoms with Gasteiger partial charge in [0.25, 0.3) is 0 Å². The molecular weight excluding hydrogens is 528 g/mol. The van der Waals surface area contributed by atoms with E-state index in [1.807, 2.05) is 35.2 Å². The van der Waals surface area contributed by atoms with Crippen molar-refractivity contribution >= 4 is 28.2 Å². The van der Waals surface area contributed by atoms with Gasteiger partial charge in [-0.1, -0.05) is 37.8 Å². The van der Waals surface area contributed by atoms with Crippen LogP contribution in [0, 0.1) is 5.92 Å². The Bertz CT molecular complexity index is 1450. The minimum atomic E-state index is -0.0295. The van der Waals surface area contributed by atoms with Crippen molar-refractivity contribution in [2.75, 3.05) is 62.7 Å². The minimum Gasteiger partial charge on any atom is -0.508 e. The van der Waals surface area contributed by atoms with Crippen molar-refractivity contribution in [2.24, 2.45) is 5.92 Å². The number of anilines is 2. The number of aromatic nitrogens is 2. The average Bonchev–Trinajstić information content (AvgIpc) is 3.46. The monoisotopic (exact) mass is 570 g/mol. The van der Waals surface area contributed by atoms with Gasteiger partial charge in [0.05, 0.1) is 12.2 Å². The lowest BCUT2D eigenvalue weighted by molar-refractivity contribution is -0.126. The van der Waals surface area contributed by atoms with Crippen LogP contribution >= 0.6 is 0 Å². The van der Waals surface area contributed by atoms with Crippen LogP contribution in [-0.2, 0) is 17.8 Å². The van der Waals surface area contributed by atoms with Crippen LogP contribution in [0.1, 0.15) is 37.4 Å². The second-order valence-electron chi connectivity index (χ2n) is 12.0. The number of nitrogens with zero attached hydrogens (tertiary/aromatic N) is 6. The number of hydrogen-bond acceptors (Lipinski definition) is 8. The summed E-state index contributed by atoms with van der Waals surface area (Å²) < 4.78 is 6.24. The molecule has 6 rings (SSSR count). The van der Waals surface area contributed by atoms with Crippen LogP contribution in [-0.4, -0.2) is 89.7 Å². The van der Waals surface area contributed by atoms with E-state index >= 15 is 0 Å². The normalized spacial score (nSPS) is 20.7. The molecule has 1 N–H and O–H groups in total. The molecule has 1 aliphatic carbocycles.